The summed E-state index contributed by atoms with van der Waals surface area (Å²) in [4.78, 5) is 0.707. The van der Waals surface area contributed by atoms with Crippen molar-refractivity contribution < 1.29 is 57.9 Å². The second kappa shape index (κ2) is 5.81. The van der Waals surface area contributed by atoms with E-state index in [0.717, 1.165) is 0 Å². The van der Waals surface area contributed by atoms with Gasteiger partial charge in [-0.05, 0) is 23.4 Å². The van der Waals surface area contributed by atoms with Crippen LogP contribution in [0.1, 0.15) is 13.9 Å². The second-order valence-corrected chi connectivity index (χ2v) is 3.78. The number of nitrogens with zero attached hydrogens (tertiary/aromatic N) is 4. The van der Waals surface area contributed by atoms with E-state index in [4.69, 9.17) is 0 Å². The third-order valence-corrected chi connectivity index (χ3v) is 2.71. The number of thiol groups is 1. The second-order valence-electron chi connectivity index (χ2n) is 3.30. The van der Waals surface area contributed by atoms with Crippen molar-refractivity contribution in [1.29, 1.82) is 0 Å². The van der Waals surface area contributed by atoms with Crippen LogP contribution in [0.4, 0.5) is 0 Å². The molecule has 0 amide bonds. The minimum atomic E-state index is -1.13. The van der Waals surface area contributed by atoms with Gasteiger partial charge in [0, 0.05) is 10.5 Å². The Bertz CT molecular complexity index is 429. The zero-order valence-electron chi connectivity index (χ0n) is 10.1. The number of hydrogen-bond donors (Lipinski definition) is 2. The molecule has 1 unspecified atom stereocenters. The summed E-state index contributed by atoms with van der Waals surface area (Å²) in [5.74, 6) is 0. The third kappa shape index (κ3) is 2.45. The van der Waals surface area contributed by atoms with E-state index >= 15 is 0 Å². The van der Waals surface area contributed by atoms with E-state index in [1.54, 1.807) is 13.0 Å². The van der Waals surface area contributed by atoms with E-state index < -0.39 is 11.8 Å². The van der Waals surface area contributed by atoms with Gasteiger partial charge < -0.3 is 6.53 Å². The van der Waals surface area contributed by atoms with Crippen molar-refractivity contribution in [2.45, 2.75) is 23.6 Å². The topological polar surface area (TPSA) is 69.7 Å². The first kappa shape index (κ1) is 14.4. The fraction of sp³-hybridized carbons (Fsp3) is 0.333. The van der Waals surface area contributed by atoms with Gasteiger partial charge in [0.2, 0.25) is 5.66 Å². The maximum absolute atomic E-state index is 9.74. The van der Waals surface area contributed by atoms with Crippen LogP contribution < -0.4 is 51.4 Å². The molecule has 0 radical (unpaired) electrons. The number of aliphatic hydroxyl groups excluding tert-OH is 1. The molecule has 1 aliphatic rings. The molecule has 1 atom stereocenters. The van der Waals surface area contributed by atoms with Crippen LogP contribution in [0.2, 0.25) is 0 Å². The molecule has 0 spiro atoms. The Balaban J connectivity index is 0.00000128. The summed E-state index contributed by atoms with van der Waals surface area (Å²) in [5.41, 5.74) is -0.424. The van der Waals surface area contributed by atoms with Crippen LogP contribution in [0.3, 0.4) is 0 Å². The Kier molecular flexibility index (Phi) is 5.24. The first-order valence-electron chi connectivity index (χ1n) is 4.47. The zero-order chi connectivity index (χ0) is 10.9. The molecule has 5 nitrogen and oxygen atoms in total. The van der Waals surface area contributed by atoms with Gasteiger partial charge in [-0.1, -0.05) is 18.2 Å². The molecule has 0 aliphatic carbocycles. The van der Waals surface area contributed by atoms with Gasteiger partial charge >= 0.3 is 51.4 Å². The van der Waals surface area contributed by atoms with Crippen LogP contribution in [-0.4, -0.2) is 11.2 Å². The molecule has 2 rings (SSSR count). The van der Waals surface area contributed by atoms with Crippen molar-refractivity contribution in [3.05, 3.63) is 29.8 Å². The molecule has 0 fully saturated rings. The van der Waals surface area contributed by atoms with Gasteiger partial charge in [-0.15, -0.1) is 22.9 Å². The predicted molar refractivity (Wildman–Crippen MR) is 57.9 cm³/mol. The largest absolute Gasteiger partial charge is 1.00 e. The third-order valence-electron chi connectivity index (χ3n) is 2.32. The Morgan fingerprint density at radius 3 is 2.38 bits per heavy atom. The summed E-state index contributed by atoms with van der Waals surface area (Å²) in [6.45, 7) is 1.60. The molecule has 1 aromatic rings. The maximum Gasteiger partial charge on any atom is 1.00 e. The molecule has 1 aliphatic heterocycles. The molecule has 0 saturated carbocycles. The van der Waals surface area contributed by atoms with Crippen molar-refractivity contribution in [3.8, 4) is 0 Å². The number of benzene rings is 1. The summed E-state index contributed by atoms with van der Waals surface area (Å²) in [6, 6.07) is 7.30. The first-order chi connectivity index (χ1) is 7.17. The van der Waals surface area contributed by atoms with Crippen LogP contribution in [0.15, 0.2) is 49.8 Å². The van der Waals surface area contributed by atoms with Crippen LogP contribution in [-0.2, 0) is 5.66 Å². The molecule has 16 heavy (non-hydrogen) atoms. The van der Waals surface area contributed by atoms with Crippen LogP contribution in [0.25, 0.3) is 0 Å². The summed E-state index contributed by atoms with van der Waals surface area (Å²) < 4.78 is 0. The summed E-state index contributed by atoms with van der Waals surface area (Å²) in [7, 11) is 0. The number of aliphatic hydroxyl groups is 1. The van der Waals surface area contributed by atoms with E-state index in [-0.39, 0.29) is 52.8 Å². The van der Waals surface area contributed by atoms with E-state index in [0.29, 0.717) is 10.5 Å². The van der Waals surface area contributed by atoms with E-state index in [9.17, 15) is 5.11 Å². The molecule has 80 valence electrons. The monoisotopic (exact) mass is 262 g/mol. The normalized spacial score (nSPS) is 18.2. The summed E-state index contributed by atoms with van der Waals surface area (Å²) in [6.07, 6.45) is -0.805. The quantitative estimate of drug-likeness (QED) is 0.545. The van der Waals surface area contributed by atoms with Gasteiger partial charge in [0.25, 0.3) is 0 Å². The smallest absolute Gasteiger partial charge is 1.00 e. The van der Waals surface area contributed by atoms with E-state index in [1.165, 1.54) is 0 Å². The molecule has 0 saturated heterocycles. The van der Waals surface area contributed by atoms with Crippen LogP contribution in [0, 0.1) is 0 Å². The molecule has 7 heteroatoms. The average Bonchev–Trinajstić information content (AvgIpc) is 2.68. The summed E-state index contributed by atoms with van der Waals surface area (Å²) in [5, 5.41) is 24.5. The Morgan fingerprint density at radius 2 is 1.88 bits per heavy atom. The fourth-order valence-electron chi connectivity index (χ4n) is 1.48. The minimum absolute atomic E-state index is 0. The first-order valence-corrected chi connectivity index (χ1v) is 4.92. The molecule has 1 heterocycles. The molecule has 0 bridgehead atoms. The van der Waals surface area contributed by atoms with Gasteiger partial charge in [0.1, 0.15) is 6.10 Å². The fourth-order valence-corrected chi connectivity index (χ4v) is 1.81. The van der Waals surface area contributed by atoms with E-state index in [2.05, 4.69) is 33.3 Å². The Morgan fingerprint density at radius 1 is 1.31 bits per heavy atom. The molecular weight excluding hydrogens is 251 g/mol. The van der Waals surface area contributed by atoms with Gasteiger partial charge in [0.05, 0.1) is 0 Å². The SMILES string of the molecule is CC(O)C1(c2ccccc2S)N=NN=N1.[H-].[K+]. The van der Waals surface area contributed by atoms with Crippen LogP contribution in [0.5, 0.6) is 0 Å². The van der Waals surface area contributed by atoms with Gasteiger partial charge in [0.15, 0.2) is 0 Å². The molecular formula is C9H11KN4OS. The average molecular weight is 262 g/mol. The standard InChI is InChI=1S/C9H10N4OS.K.H/c1-6(14)9(10-12-13-11-9)7-4-2-3-5-8(7)15;;/h2-6,14-15H,1H3;;/q;+1;-1. The number of hydrogen-bond acceptors (Lipinski definition) is 6. The number of rotatable bonds is 2. The van der Waals surface area contributed by atoms with Gasteiger partial charge in [-0.25, -0.2) is 0 Å². The van der Waals surface area contributed by atoms with Crippen molar-refractivity contribution in [1.82, 2.24) is 0 Å². The van der Waals surface area contributed by atoms with E-state index in [1.807, 2.05) is 18.2 Å². The minimum Gasteiger partial charge on any atom is -1.00 e. The zero-order valence-corrected chi connectivity index (χ0v) is 13.1. The van der Waals surface area contributed by atoms with Crippen molar-refractivity contribution >= 4 is 12.6 Å². The van der Waals surface area contributed by atoms with Crippen molar-refractivity contribution in [2.75, 3.05) is 0 Å². The Hall–Kier alpha value is 0.366. The molecule has 1 N–H and O–H groups in total. The molecule has 1 aromatic carbocycles. The van der Waals surface area contributed by atoms with Gasteiger partial charge in [-0.3, -0.25) is 0 Å². The van der Waals surface area contributed by atoms with Crippen molar-refractivity contribution in [3.63, 3.8) is 0 Å². The predicted octanol–water partition coefficient (Wildman–Crippen LogP) is -0.542. The Labute approximate surface area is 143 Å². The maximum atomic E-state index is 9.74. The van der Waals surface area contributed by atoms with Crippen molar-refractivity contribution in [2.24, 2.45) is 20.7 Å². The molecule has 0 aromatic heterocycles. The van der Waals surface area contributed by atoms with Gasteiger partial charge in [-0.2, -0.15) is 0 Å². The summed E-state index contributed by atoms with van der Waals surface area (Å²) >= 11 is 4.31. The van der Waals surface area contributed by atoms with Crippen LogP contribution >= 0.6 is 12.6 Å².